The molecular weight excluding hydrogens is 364 g/mol. The van der Waals surface area contributed by atoms with Crippen LogP contribution in [0, 0.1) is 0 Å². The number of benzene rings is 1. The number of carboxylic acid groups (broad SMARTS) is 1. The average molecular weight is 378 g/mol. The molecular formula is C13H14BrClN2O4. The van der Waals surface area contributed by atoms with Crippen molar-refractivity contribution in [3.05, 3.63) is 27.7 Å². The highest BCUT2D eigenvalue weighted by Gasteiger charge is 2.40. The summed E-state index contributed by atoms with van der Waals surface area (Å²) in [5.41, 5.74) is 0.523. The van der Waals surface area contributed by atoms with Crippen LogP contribution in [0.5, 0.6) is 0 Å². The van der Waals surface area contributed by atoms with Crippen LogP contribution in [-0.2, 0) is 9.53 Å². The normalized spacial score (nSPS) is 21.4. The molecule has 0 saturated carbocycles. The van der Waals surface area contributed by atoms with E-state index in [0.29, 0.717) is 15.2 Å². The Balaban J connectivity index is 2.13. The second-order valence-electron chi connectivity index (χ2n) is 4.65. The summed E-state index contributed by atoms with van der Waals surface area (Å²) in [7, 11) is 1.50. The Morgan fingerprint density at radius 3 is 2.81 bits per heavy atom. The first kappa shape index (κ1) is 16.1. The number of carbonyl (C=O) groups is 2. The predicted octanol–water partition coefficient (Wildman–Crippen LogP) is 2.81. The quantitative estimate of drug-likeness (QED) is 0.849. The third-order valence-electron chi connectivity index (χ3n) is 3.31. The number of aliphatic carboxylic acids is 1. The van der Waals surface area contributed by atoms with Gasteiger partial charge in [0.25, 0.3) is 0 Å². The van der Waals surface area contributed by atoms with Crippen LogP contribution in [0.15, 0.2) is 22.7 Å². The average Bonchev–Trinajstić information content (AvgIpc) is 2.86. The lowest BCUT2D eigenvalue weighted by Gasteiger charge is -2.22. The molecule has 0 spiro atoms. The minimum atomic E-state index is -1.04. The Morgan fingerprint density at radius 1 is 1.52 bits per heavy atom. The molecule has 114 valence electrons. The zero-order chi connectivity index (χ0) is 15.6. The van der Waals surface area contributed by atoms with E-state index in [1.54, 1.807) is 18.2 Å². The van der Waals surface area contributed by atoms with Crippen molar-refractivity contribution in [1.82, 2.24) is 4.90 Å². The van der Waals surface area contributed by atoms with Crippen LogP contribution in [0.1, 0.15) is 6.42 Å². The number of carbonyl (C=O) groups excluding carboxylic acids is 1. The fraction of sp³-hybridized carbons (Fsp3) is 0.385. The van der Waals surface area contributed by atoms with E-state index in [9.17, 15) is 14.7 Å². The number of nitrogens with one attached hydrogen (secondary N) is 1. The molecule has 2 rings (SSSR count). The molecule has 0 aromatic heterocycles. The van der Waals surface area contributed by atoms with Crippen molar-refractivity contribution in [2.45, 2.75) is 18.6 Å². The number of hydrogen-bond acceptors (Lipinski definition) is 3. The topological polar surface area (TPSA) is 78.9 Å². The fourth-order valence-corrected chi connectivity index (χ4v) is 2.99. The summed E-state index contributed by atoms with van der Waals surface area (Å²) in [4.78, 5) is 24.8. The van der Waals surface area contributed by atoms with E-state index in [1.807, 2.05) is 0 Å². The van der Waals surface area contributed by atoms with Crippen molar-refractivity contribution in [3.8, 4) is 0 Å². The molecule has 2 atom stereocenters. The zero-order valence-corrected chi connectivity index (χ0v) is 13.5. The SMILES string of the molecule is COC1CC(C(=O)O)N(C(=O)Nc2ccc(Cl)cc2Br)C1. The number of ether oxygens (including phenoxy) is 1. The Labute approximate surface area is 135 Å². The molecule has 6 nitrogen and oxygen atoms in total. The summed E-state index contributed by atoms with van der Waals surface area (Å²) in [5, 5.41) is 12.4. The number of nitrogens with zero attached hydrogens (tertiary/aromatic N) is 1. The highest BCUT2D eigenvalue weighted by Crippen LogP contribution is 2.27. The van der Waals surface area contributed by atoms with Crippen LogP contribution in [0.2, 0.25) is 5.02 Å². The van der Waals surface area contributed by atoms with E-state index >= 15 is 0 Å². The maximum Gasteiger partial charge on any atom is 0.326 e. The van der Waals surface area contributed by atoms with Crippen LogP contribution in [0.3, 0.4) is 0 Å². The molecule has 8 heteroatoms. The second-order valence-corrected chi connectivity index (χ2v) is 5.94. The minimum absolute atomic E-state index is 0.241. The van der Waals surface area contributed by atoms with Crippen molar-refractivity contribution >= 4 is 45.2 Å². The summed E-state index contributed by atoms with van der Waals surface area (Å²) in [5.74, 6) is -1.04. The number of rotatable bonds is 3. The second kappa shape index (κ2) is 6.64. The molecule has 2 amide bonds. The summed E-state index contributed by atoms with van der Waals surface area (Å²) in [6, 6.07) is 3.56. The first-order chi connectivity index (χ1) is 9.92. The highest BCUT2D eigenvalue weighted by molar-refractivity contribution is 9.10. The van der Waals surface area contributed by atoms with Crippen LogP contribution in [0.4, 0.5) is 10.5 Å². The van der Waals surface area contributed by atoms with Crippen molar-refractivity contribution < 1.29 is 19.4 Å². The lowest BCUT2D eigenvalue weighted by molar-refractivity contribution is -0.141. The van der Waals surface area contributed by atoms with E-state index in [4.69, 9.17) is 16.3 Å². The van der Waals surface area contributed by atoms with Crippen molar-refractivity contribution in [2.75, 3.05) is 19.0 Å². The Kier molecular flexibility index (Phi) is 5.08. The molecule has 0 aliphatic carbocycles. The molecule has 0 bridgehead atoms. The van der Waals surface area contributed by atoms with Gasteiger partial charge in [-0.1, -0.05) is 11.6 Å². The predicted molar refractivity (Wildman–Crippen MR) is 81.7 cm³/mol. The molecule has 1 aromatic carbocycles. The van der Waals surface area contributed by atoms with E-state index < -0.39 is 18.0 Å². The molecule has 1 heterocycles. The van der Waals surface area contributed by atoms with E-state index in [2.05, 4.69) is 21.2 Å². The lowest BCUT2D eigenvalue weighted by atomic mass is 10.2. The van der Waals surface area contributed by atoms with Crippen LogP contribution in [-0.4, -0.2) is 47.8 Å². The molecule has 0 radical (unpaired) electrons. The Bertz CT molecular complexity index is 569. The van der Waals surface area contributed by atoms with Crippen molar-refractivity contribution in [3.63, 3.8) is 0 Å². The molecule has 1 aliphatic rings. The maximum absolute atomic E-state index is 12.3. The van der Waals surface area contributed by atoms with Gasteiger partial charge in [-0.25, -0.2) is 9.59 Å². The molecule has 2 unspecified atom stereocenters. The molecule has 21 heavy (non-hydrogen) atoms. The van der Waals surface area contributed by atoms with Gasteiger partial charge in [0, 0.05) is 29.6 Å². The molecule has 1 saturated heterocycles. The van der Waals surface area contributed by atoms with Gasteiger partial charge in [0.2, 0.25) is 0 Å². The Hall–Kier alpha value is -1.31. The van der Waals surface area contributed by atoms with Crippen LogP contribution in [0.25, 0.3) is 0 Å². The number of likely N-dealkylation sites (tertiary alicyclic amines) is 1. The van der Waals surface area contributed by atoms with Gasteiger partial charge in [0.1, 0.15) is 6.04 Å². The zero-order valence-electron chi connectivity index (χ0n) is 11.2. The molecule has 1 aromatic rings. The molecule has 2 N–H and O–H groups in total. The number of amides is 2. The first-order valence-electron chi connectivity index (χ1n) is 6.20. The maximum atomic E-state index is 12.3. The number of anilines is 1. The summed E-state index contributed by atoms with van der Waals surface area (Å²) in [6.07, 6.45) is 0.00613. The van der Waals surface area contributed by atoms with Crippen LogP contribution < -0.4 is 5.32 Å². The van der Waals surface area contributed by atoms with Gasteiger partial charge in [-0.3, -0.25) is 0 Å². The van der Waals surface area contributed by atoms with Gasteiger partial charge in [-0.2, -0.15) is 0 Å². The van der Waals surface area contributed by atoms with Crippen LogP contribution >= 0.6 is 27.5 Å². The molecule has 1 fully saturated rings. The number of halogens is 2. The van der Waals surface area contributed by atoms with Gasteiger partial charge >= 0.3 is 12.0 Å². The summed E-state index contributed by atoms with van der Waals surface area (Å²) >= 11 is 9.13. The van der Waals surface area contributed by atoms with Gasteiger partial charge < -0.3 is 20.1 Å². The number of urea groups is 1. The van der Waals surface area contributed by atoms with Crippen molar-refractivity contribution in [2.24, 2.45) is 0 Å². The summed E-state index contributed by atoms with van der Waals surface area (Å²) < 4.78 is 5.77. The standard InChI is InChI=1S/C13H14BrClN2O4/c1-21-8-5-11(12(18)19)17(6-8)13(20)16-10-3-2-7(15)4-9(10)14/h2-4,8,11H,5-6H2,1H3,(H,16,20)(H,18,19). The lowest BCUT2D eigenvalue weighted by Crippen LogP contribution is -2.43. The highest BCUT2D eigenvalue weighted by atomic mass is 79.9. The monoisotopic (exact) mass is 376 g/mol. The molecule has 1 aliphatic heterocycles. The van der Waals surface area contributed by atoms with E-state index in [0.717, 1.165) is 0 Å². The van der Waals surface area contributed by atoms with E-state index in [-0.39, 0.29) is 19.1 Å². The Morgan fingerprint density at radius 2 is 2.24 bits per heavy atom. The van der Waals surface area contributed by atoms with Gasteiger partial charge in [0.05, 0.1) is 11.8 Å². The third-order valence-corrected chi connectivity index (χ3v) is 4.21. The fourth-order valence-electron chi connectivity index (χ4n) is 2.20. The van der Waals surface area contributed by atoms with E-state index in [1.165, 1.54) is 12.0 Å². The van der Waals surface area contributed by atoms with Gasteiger partial charge in [-0.15, -0.1) is 0 Å². The van der Waals surface area contributed by atoms with Crippen molar-refractivity contribution in [1.29, 1.82) is 0 Å². The number of carboxylic acids is 1. The smallest absolute Gasteiger partial charge is 0.326 e. The third kappa shape index (κ3) is 3.66. The summed E-state index contributed by atoms with van der Waals surface area (Å²) in [6.45, 7) is 0.241. The van der Waals surface area contributed by atoms with Gasteiger partial charge in [-0.05, 0) is 34.1 Å². The first-order valence-corrected chi connectivity index (χ1v) is 7.37. The largest absolute Gasteiger partial charge is 0.480 e. The minimum Gasteiger partial charge on any atom is -0.480 e. The number of hydrogen-bond donors (Lipinski definition) is 2. The van der Waals surface area contributed by atoms with Gasteiger partial charge in [0.15, 0.2) is 0 Å². The number of methoxy groups -OCH3 is 1.